The van der Waals surface area contributed by atoms with Gasteiger partial charge in [0.15, 0.2) is 11.5 Å². The molecule has 1 fully saturated rings. The average molecular weight is 536 g/mol. The molecule has 33 heavy (non-hydrogen) atoms. The van der Waals surface area contributed by atoms with Crippen LogP contribution in [0.25, 0.3) is 11.4 Å². The second-order valence-electron chi connectivity index (χ2n) is 7.77. The molecule has 0 saturated carbocycles. The van der Waals surface area contributed by atoms with Crippen LogP contribution in [0.5, 0.6) is 11.5 Å². The Morgan fingerprint density at radius 1 is 1.24 bits per heavy atom. The average Bonchev–Trinajstić information content (AvgIpc) is 3.29. The summed E-state index contributed by atoms with van der Waals surface area (Å²) >= 11 is 9.49. The van der Waals surface area contributed by atoms with Gasteiger partial charge in [-0.2, -0.15) is 4.98 Å². The molecule has 1 aromatic heterocycles. The van der Waals surface area contributed by atoms with Crippen LogP contribution < -0.4 is 14.8 Å². The minimum atomic E-state index is -0.130. The SMILES string of the molecule is COc1ccc(-c2noc(CN3CCCC(C(=O)Nc4ccc(Br)c(Cl)c4)C3)n2)cc1OC. The molecule has 0 radical (unpaired) electrons. The van der Waals surface area contributed by atoms with E-state index in [0.29, 0.717) is 47.0 Å². The number of rotatable bonds is 7. The lowest BCUT2D eigenvalue weighted by Crippen LogP contribution is -2.40. The summed E-state index contributed by atoms with van der Waals surface area (Å²) in [5.41, 5.74) is 1.45. The standard InChI is InChI=1S/C23H24BrClN4O4/c1-31-19-8-5-14(10-20(19)32-2)22-27-21(33-28-22)13-29-9-3-4-15(12-29)23(30)26-16-6-7-17(24)18(25)11-16/h5-8,10-11,15H,3-4,9,12-13H2,1-2H3,(H,26,30). The van der Waals surface area contributed by atoms with Crippen LogP contribution in [-0.4, -0.2) is 48.3 Å². The number of likely N-dealkylation sites (tertiary alicyclic amines) is 1. The molecule has 0 bridgehead atoms. The van der Waals surface area contributed by atoms with Gasteiger partial charge in [0, 0.05) is 22.3 Å². The predicted molar refractivity (Wildman–Crippen MR) is 129 cm³/mol. The van der Waals surface area contributed by atoms with Crippen molar-refractivity contribution < 1.29 is 18.8 Å². The molecule has 2 aromatic carbocycles. The lowest BCUT2D eigenvalue weighted by Gasteiger charge is -2.30. The number of amides is 1. The summed E-state index contributed by atoms with van der Waals surface area (Å²) in [7, 11) is 3.17. The third kappa shape index (κ3) is 5.66. The Labute approximate surface area is 205 Å². The highest BCUT2D eigenvalue weighted by Crippen LogP contribution is 2.31. The van der Waals surface area contributed by atoms with Crippen molar-refractivity contribution in [2.24, 2.45) is 5.92 Å². The monoisotopic (exact) mass is 534 g/mol. The highest BCUT2D eigenvalue weighted by Gasteiger charge is 2.27. The third-order valence-corrected chi connectivity index (χ3v) is 6.76. The molecule has 2 heterocycles. The van der Waals surface area contributed by atoms with Crippen molar-refractivity contribution in [2.45, 2.75) is 19.4 Å². The van der Waals surface area contributed by atoms with E-state index in [1.54, 1.807) is 26.4 Å². The van der Waals surface area contributed by atoms with Crippen molar-refractivity contribution >= 4 is 39.1 Å². The molecule has 1 N–H and O–H groups in total. The number of nitrogens with zero attached hydrogens (tertiary/aromatic N) is 3. The van der Waals surface area contributed by atoms with E-state index in [1.807, 2.05) is 24.3 Å². The zero-order chi connectivity index (χ0) is 23.4. The topological polar surface area (TPSA) is 89.7 Å². The van der Waals surface area contributed by atoms with Gasteiger partial charge in [0.1, 0.15) is 0 Å². The summed E-state index contributed by atoms with van der Waals surface area (Å²) in [4.78, 5) is 19.5. The summed E-state index contributed by atoms with van der Waals surface area (Å²) in [5.74, 6) is 2.06. The van der Waals surface area contributed by atoms with Crippen molar-refractivity contribution in [2.75, 3.05) is 32.6 Å². The van der Waals surface area contributed by atoms with E-state index in [1.165, 1.54) is 0 Å². The Kier molecular flexibility index (Phi) is 7.52. The van der Waals surface area contributed by atoms with Crippen LogP contribution in [0.15, 0.2) is 45.4 Å². The number of nitrogens with one attached hydrogen (secondary N) is 1. The number of carbonyl (C=O) groups is 1. The molecule has 1 aliphatic heterocycles. The molecule has 3 aromatic rings. The van der Waals surface area contributed by atoms with Crippen molar-refractivity contribution in [3.05, 3.63) is 51.8 Å². The molecule has 0 aliphatic carbocycles. The van der Waals surface area contributed by atoms with Crippen LogP contribution in [0.3, 0.4) is 0 Å². The van der Waals surface area contributed by atoms with E-state index in [4.69, 9.17) is 25.6 Å². The van der Waals surface area contributed by atoms with Gasteiger partial charge in [0.2, 0.25) is 17.6 Å². The number of benzene rings is 2. The molecule has 1 unspecified atom stereocenters. The van der Waals surface area contributed by atoms with E-state index in [9.17, 15) is 4.79 Å². The highest BCUT2D eigenvalue weighted by atomic mass is 79.9. The number of carbonyl (C=O) groups excluding carboxylic acids is 1. The van der Waals surface area contributed by atoms with Crippen molar-refractivity contribution in [1.82, 2.24) is 15.0 Å². The van der Waals surface area contributed by atoms with Gasteiger partial charge < -0.3 is 19.3 Å². The molecule has 4 rings (SSSR count). The fraction of sp³-hybridized carbons (Fsp3) is 0.348. The second-order valence-corrected chi connectivity index (χ2v) is 9.04. The zero-order valence-electron chi connectivity index (χ0n) is 18.3. The summed E-state index contributed by atoms with van der Waals surface area (Å²) in [5, 5.41) is 7.62. The van der Waals surface area contributed by atoms with E-state index in [-0.39, 0.29) is 11.8 Å². The quantitative estimate of drug-likeness (QED) is 0.454. The Morgan fingerprint density at radius 2 is 2.06 bits per heavy atom. The van der Waals surface area contributed by atoms with E-state index in [0.717, 1.165) is 29.4 Å². The molecular formula is C23H24BrClN4O4. The first kappa shape index (κ1) is 23.5. The molecule has 1 amide bonds. The van der Waals surface area contributed by atoms with Gasteiger partial charge in [0.05, 0.1) is 31.7 Å². The number of piperidine rings is 1. The number of ether oxygens (including phenoxy) is 2. The van der Waals surface area contributed by atoms with E-state index < -0.39 is 0 Å². The van der Waals surface area contributed by atoms with Gasteiger partial charge in [-0.3, -0.25) is 9.69 Å². The van der Waals surface area contributed by atoms with Gasteiger partial charge in [-0.25, -0.2) is 0 Å². The van der Waals surface area contributed by atoms with Crippen LogP contribution >= 0.6 is 27.5 Å². The van der Waals surface area contributed by atoms with Crippen LogP contribution in [0, 0.1) is 5.92 Å². The smallest absolute Gasteiger partial charge is 0.241 e. The minimum absolute atomic E-state index is 0.0189. The fourth-order valence-corrected chi connectivity index (χ4v) is 4.26. The molecule has 1 saturated heterocycles. The van der Waals surface area contributed by atoms with Crippen LogP contribution in [-0.2, 0) is 11.3 Å². The molecule has 1 aliphatic rings. The number of aromatic nitrogens is 2. The molecular weight excluding hydrogens is 512 g/mol. The molecule has 0 spiro atoms. The normalized spacial score (nSPS) is 16.4. The molecule has 174 valence electrons. The lowest BCUT2D eigenvalue weighted by molar-refractivity contribution is -0.121. The van der Waals surface area contributed by atoms with Gasteiger partial charge in [-0.1, -0.05) is 16.8 Å². The first-order valence-corrected chi connectivity index (χ1v) is 11.7. The fourth-order valence-electron chi connectivity index (χ4n) is 3.83. The van der Waals surface area contributed by atoms with Gasteiger partial charge in [-0.15, -0.1) is 0 Å². The Hall–Kier alpha value is -2.62. The molecule has 1 atom stereocenters. The Morgan fingerprint density at radius 3 is 2.82 bits per heavy atom. The maximum atomic E-state index is 12.8. The number of anilines is 1. The Balaban J connectivity index is 1.38. The maximum absolute atomic E-state index is 12.8. The van der Waals surface area contributed by atoms with Crippen molar-refractivity contribution in [1.29, 1.82) is 0 Å². The summed E-state index contributed by atoms with van der Waals surface area (Å²) in [6.07, 6.45) is 1.74. The van der Waals surface area contributed by atoms with Gasteiger partial charge >= 0.3 is 0 Å². The first-order chi connectivity index (χ1) is 16.0. The third-order valence-electron chi connectivity index (χ3n) is 5.53. The maximum Gasteiger partial charge on any atom is 0.241 e. The minimum Gasteiger partial charge on any atom is -0.493 e. The van der Waals surface area contributed by atoms with E-state index in [2.05, 4.69) is 36.3 Å². The highest BCUT2D eigenvalue weighted by molar-refractivity contribution is 9.10. The predicted octanol–water partition coefficient (Wildman–Crippen LogP) is 5.02. The van der Waals surface area contributed by atoms with Crippen molar-refractivity contribution in [3.8, 4) is 22.9 Å². The van der Waals surface area contributed by atoms with Crippen LogP contribution in [0.2, 0.25) is 5.02 Å². The summed E-state index contributed by atoms with van der Waals surface area (Å²) in [6.45, 7) is 1.96. The summed E-state index contributed by atoms with van der Waals surface area (Å²) < 4.78 is 16.9. The number of halogens is 2. The molecule has 10 heteroatoms. The van der Waals surface area contributed by atoms with Crippen LogP contribution in [0.4, 0.5) is 5.69 Å². The van der Waals surface area contributed by atoms with Gasteiger partial charge in [0.25, 0.3) is 0 Å². The number of hydrogen-bond donors (Lipinski definition) is 1. The number of methoxy groups -OCH3 is 2. The van der Waals surface area contributed by atoms with E-state index >= 15 is 0 Å². The number of hydrogen-bond acceptors (Lipinski definition) is 7. The van der Waals surface area contributed by atoms with Crippen LogP contribution in [0.1, 0.15) is 18.7 Å². The lowest BCUT2D eigenvalue weighted by atomic mass is 9.97. The van der Waals surface area contributed by atoms with Crippen molar-refractivity contribution in [3.63, 3.8) is 0 Å². The molecule has 8 nitrogen and oxygen atoms in total. The first-order valence-electron chi connectivity index (χ1n) is 10.5. The second kappa shape index (κ2) is 10.5. The zero-order valence-corrected chi connectivity index (χ0v) is 20.6. The largest absolute Gasteiger partial charge is 0.493 e. The van der Waals surface area contributed by atoms with Gasteiger partial charge in [-0.05, 0) is 71.7 Å². The summed E-state index contributed by atoms with van der Waals surface area (Å²) in [6, 6.07) is 10.8. The Bertz CT molecular complexity index is 1140.